The minimum Gasteiger partial charge on any atom is -0.459 e. The van der Waals surface area contributed by atoms with Gasteiger partial charge in [0.1, 0.15) is 5.60 Å². The summed E-state index contributed by atoms with van der Waals surface area (Å²) in [6, 6.07) is 6.65. The van der Waals surface area contributed by atoms with Crippen molar-refractivity contribution < 1.29 is 14.3 Å². The largest absolute Gasteiger partial charge is 0.459 e. The first kappa shape index (κ1) is 17.0. The Balaban J connectivity index is 1.66. The van der Waals surface area contributed by atoms with E-state index in [1.54, 1.807) is 0 Å². The van der Waals surface area contributed by atoms with Gasteiger partial charge < -0.3 is 9.64 Å². The molecule has 3 rings (SSSR count). The summed E-state index contributed by atoms with van der Waals surface area (Å²) < 4.78 is 5.43. The average molecular weight is 330 g/mol. The number of likely N-dealkylation sites (tertiary alicyclic amines) is 1. The first-order chi connectivity index (χ1) is 11.3. The summed E-state index contributed by atoms with van der Waals surface area (Å²) >= 11 is 0. The molecule has 0 aromatic heterocycles. The molecule has 0 aliphatic carbocycles. The van der Waals surface area contributed by atoms with Gasteiger partial charge in [-0.05, 0) is 51.8 Å². The van der Waals surface area contributed by atoms with E-state index in [1.807, 2.05) is 39.8 Å². The lowest BCUT2D eigenvalue weighted by Gasteiger charge is -2.36. The molecule has 0 spiro atoms. The number of hydrogen-bond acceptors (Lipinski definition) is 5. The number of nitrogens with zero attached hydrogens (tertiary/aromatic N) is 2. The Morgan fingerprint density at radius 3 is 2.62 bits per heavy atom. The van der Waals surface area contributed by atoms with Crippen LogP contribution in [0.4, 0.5) is 5.69 Å². The number of fused-ring (bicyclic) bond motifs is 2. The average Bonchev–Trinajstić information content (AvgIpc) is 3.04. The van der Waals surface area contributed by atoms with Crippen molar-refractivity contribution in [2.75, 3.05) is 24.5 Å². The molecule has 5 heteroatoms. The van der Waals surface area contributed by atoms with Crippen molar-refractivity contribution in [3.05, 3.63) is 29.3 Å². The van der Waals surface area contributed by atoms with Crippen molar-refractivity contribution in [2.24, 2.45) is 0 Å². The molecule has 0 amide bonds. The molecule has 2 aliphatic rings. The second kappa shape index (κ2) is 6.20. The molecule has 2 atom stereocenters. The van der Waals surface area contributed by atoms with Gasteiger partial charge in [0.2, 0.25) is 0 Å². The quantitative estimate of drug-likeness (QED) is 0.627. The number of aryl methyl sites for hydroxylation is 1. The van der Waals surface area contributed by atoms with Crippen LogP contribution < -0.4 is 4.90 Å². The highest BCUT2D eigenvalue weighted by molar-refractivity contribution is 5.85. The Morgan fingerprint density at radius 1 is 1.29 bits per heavy atom. The Hall–Kier alpha value is -1.88. The number of anilines is 1. The van der Waals surface area contributed by atoms with Gasteiger partial charge in [0.05, 0.1) is 6.54 Å². The summed E-state index contributed by atoms with van der Waals surface area (Å²) in [4.78, 5) is 27.9. The van der Waals surface area contributed by atoms with E-state index in [0.717, 1.165) is 42.6 Å². The highest BCUT2D eigenvalue weighted by Crippen LogP contribution is 2.36. The molecule has 0 N–H and O–H groups in total. The Bertz CT molecular complexity index is 651. The number of hydrogen-bond donors (Lipinski definition) is 0. The SMILES string of the molecule is Cc1ccc(C=O)c(N2CC3CC2CN3CC(=O)OC(C)(C)C)c1. The Kier molecular flexibility index (Phi) is 4.38. The summed E-state index contributed by atoms with van der Waals surface area (Å²) in [5.74, 6) is -0.161. The topological polar surface area (TPSA) is 49.9 Å². The zero-order chi connectivity index (χ0) is 17.5. The van der Waals surface area contributed by atoms with Crippen molar-refractivity contribution in [3.63, 3.8) is 0 Å². The van der Waals surface area contributed by atoms with Crippen LogP contribution in [-0.4, -0.2) is 54.5 Å². The van der Waals surface area contributed by atoms with Crippen molar-refractivity contribution >= 4 is 17.9 Å². The van der Waals surface area contributed by atoms with Crippen LogP contribution in [0.3, 0.4) is 0 Å². The lowest BCUT2D eigenvalue weighted by molar-refractivity contribution is -0.156. The molecule has 2 bridgehead atoms. The van der Waals surface area contributed by atoms with E-state index in [4.69, 9.17) is 4.74 Å². The Morgan fingerprint density at radius 2 is 2.04 bits per heavy atom. The maximum Gasteiger partial charge on any atom is 0.320 e. The molecule has 1 aromatic rings. The molecule has 0 radical (unpaired) electrons. The summed E-state index contributed by atoms with van der Waals surface area (Å²) in [7, 11) is 0. The molecule has 130 valence electrons. The van der Waals surface area contributed by atoms with Crippen LogP contribution in [-0.2, 0) is 9.53 Å². The van der Waals surface area contributed by atoms with E-state index in [2.05, 4.69) is 15.9 Å². The Labute approximate surface area is 143 Å². The number of aldehydes is 1. The van der Waals surface area contributed by atoms with Crippen LogP contribution in [0.2, 0.25) is 0 Å². The van der Waals surface area contributed by atoms with Crippen LogP contribution in [0.1, 0.15) is 43.1 Å². The monoisotopic (exact) mass is 330 g/mol. The molecule has 2 aliphatic heterocycles. The molecule has 5 nitrogen and oxygen atoms in total. The fourth-order valence-corrected chi connectivity index (χ4v) is 3.78. The normalized spacial score (nSPS) is 23.6. The lowest BCUT2D eigenvalue weighted by Crippen LogP contribution is -2.49. The summed E-state index contributed by atoms with van der Waals surface area (Å²) in [6.45, 7) is 9.76. The van der Waals surface area contributed by atoms with Gasteiger partial charge in [0, 0.05) is 36.4 Å². The van der Waals surface area contributed by atoms with E-state index in [9.17, 15) is 9.59 Å². The van der Waals surface area contributed by atoms with Gasteiger partial charge in [0.25, 0.3) is 0 Å². The van der Waals surface area contributed by atoms with Crippen molar-refractivity contribution in [2.45, 2.75) is 51.8 Å². The first-order valence-electron chi connectivity index (χ1n) is 8.55. The molecule has 2 saturated heterocycles. The number of esters is 1. The maximum atomic E-state index is 12.1. The molecule has 24 heavy (non-hydrogen) atoms. The molecule has 2 unspecified atom stereocenters. The van der Waals surface area contributed by atoms with E-state index in [0.29, 0.717) is 18.6 Å². The molecule has 0 saturated carbocycles. The third kappa shape index (κ3) is 3.46. The summed E-state index contributed by atoms with van der Waals surface area (Å²) in [6.07, 6.45) is 1.97. The van der Waals surface area contributed by atoms with Crippen LogP contribution in [0.15, 0.2) is 18.2 Å². The van der Waals surface area contributed by atoms with Gasteiger partial charge in [-0.3, -0.25) is 14.5 Å². The predicted molar refractivity (Wildman–Crippen MR) is 93.5 cm³/mol. The van der Waals surface area contributed by atoms with Gasteiger partial charge >= 0.3 is 5.97 Å². The zero-order valence-corrected chi connectivity index (χ0v) is 14.9. The molecular weight excluding hydrogens is 304 g/mol. The van der Waals surface area contributed by atoms with Gasteiger partial charge in [-0.1, -0.05) is 6.07 Å². The standard InChI is InChI=1S/C19H26N2O3/c1-13-5-6-14(12-22)17(7-13)21-10-15-8-16(21)9-20(15)11-18(23)24-19(2,3)4/h5-7,12,15-16H,8-11H2,1-4H3. The van der Waals surface area contributed by atoms with Gasteiger partial charge in [-0.15, -0.1) is 0 Å². The van der Waals surface area contributed by atoms with Gasteiger partial charge in [-0.25, -0.2) is 0 Å². The van der Waals surface area contributed by atoms with Crippen LogP contribution >= 0.6 is 0 Å². The minimum atomic E-state index is -0.442. The fourth-order valence-electron chi connectivity index (χ4n) is 3.78. The summed E-state index contributed by atoms with van der Waals surface area (Å²) in [5, 5.41) is 0. The number of piperazine rings is 1. The third-order valence-corrected chi connectivity index (χ3v) is 4.73. The number of rotatable bonds is 4. The van der Waals surface area contributed by atoms with Crippen molar-refractivity contribution in [1.29, 1.82) is 0 Å². The highest BCUT2D eigenvalue weighted by atomic mass is 16.6. The lowest BCUT2D eigenvalue weighted by atomic mass is 10.1. The predicted octanol–water partition coefficient (Wildman–Crippen LogP) is 2.41. The molecule has 1 aromatic carbocycles. The molecule has 2 heterocycles. The number of carbonyl (C=O) groups excluding carboxylic acids is 2. The van der Waals surface area contributed by atoms with E-state index in [-0.39, 0.29) is 5.97 Å². The number of benzene rings is 1. The van der Waals surface area contributed by atoms with E-state index in [1.165, 1.54) is 0 Å². The van der Waals surface area contributed by atoms with Gasteiger partial charge in [0.15, 0.2) is 6.29 Å². The molecule has 2 fully saturated rings. The van der Waals surface area contributed by atoms with Crippen LogP contribution in [0.25, 0.3) is 0 Å². The van der Waals surface area contributed by atoms with Crippen LogP contribution in [0.5, 0.6) is 0 Å². The second-order valence-corrected chi connectivity index (χ2v) is 7.89. The first-order valence-corrected chi connectivity index (χ1v) is 8.55. The second-order valence-electron chi connectivity index (χ2n) is 7.89. The fraction of sp³-hybridized carbons (Fsp3) is 0.579. The van der Waals surface area contributed by atoms with Crippen molar-refractivity contribution in [3.8, 4) is 0 Å². The third-order valence-electron chi connectivity index (χ3n) is 4.73. The molecular formula is C19H26N2O3. The maximum absolute atomic E-state index is 12.1. The van der Waals surface area contributed by atoms with Crippen LogP contribution in [0, 0.1) is 6.92 Å². The van der Waals surface area contributed by atoms with Gasteiger partial charge in [-0.2, -0.15) is 0 Å². The van der Waals surface area contributed by atoms with E-state index < -0.39 is 5.60 Å². The van der Waals surface area contributed by atoms with Crippen molar-refractivity contribution in [1.82, 2.24) is 4.90 Å². The zero-order valence-electron chi connectivity index (χ0n) is 14.9. The summed E-state index contributed by atoms with van der Waals surface area (Å²) in [5.41, 5.74) is 2.48. The smallest absolute Gasteiger partial charge is 0.320 e. The number of carbonyl (C=O) groups is 2. The highest BCUT2D eigenvalue weighted by Gasteiger charge is 2.44. The minimum absolute atomic E-state index is 0.161. The van der Waals surface area contributed by atoms with E-state index >= 15 is 0 Å². The number of ether oxygens (including phenoxy) is 1.